The minimum atomic E-state index is -0.717. The van der Waals surface area contributed by atoms with E-state index in [-0.39, 0.29) is 11.5 Å². The summed E-state index contributed by atoms with van der Waals surface area (Å²) >= 11 is 11.8. The second-order valence-electron chi connectivity index (χ2n) is 7.16. The third-order valence-corrected chi connectivity index (χ3v) is 4.66. The van der Waals surface area contributed by atoms with Crippen molar-refractivity contribution in [3.63, 3.8) is 0 Å². The maximum atomic E-state index is 12.1. The molecule has 0 spiro atoms. The second kappa shape index (κ2) is 7.10. The Morgan fingerprint density at radius 3 is 2.48 bits per heavy atom. The molecule has 0 radical (unpaired) electrons. The molecular weight excluding hydrogens is 335 g/mol. The predicted octanol–water partition coefficient (Wildman–Crippen LogP) is 4.26. The van der Waals surface area contributed by atoms with Gasteiger partial charge in [-0.1, -0.05) is 44.0 Å². The average molecular weight is 357 g/mol. The van der Waals surface area contributed by atoms with Gasteiger partial charge in [-0.25, -0.2) is 0 Å². The third kappa shape index (κ3) is 5.11. The standard InChI is InChI=1S/C17H22Cl2N2O2/c1-10-6-12(9-17(2,3)8-10)20-15(22)16(23)21-14-5-4-11(18)7-13(14)19/h4-5,7,10,12H,6,8-9H2,1-3H3,(H,20,22)(H,21,23)/t10-,12-/m1/s1. The molecule has 0 aromatic heterocycles. The first kappa shape index (κ1) is 18.1. The van der Waals surface area contributed by atoms with Gasteiger partial charge in [-0.3, -0.25) is 9.59 Å². The number of carbonyl (C=O) groups is 2. The zero-order valence-corrected chi connectivity index (χ0v) is 15.1. The highest BCUT2D eigenvalue weighted by Crippen LogP contribution is 2.38. The van der Waals surface area contributed by atoms with Gasteiger partial charge < -0.3 is 10.6 Å². The van der Waals surface area contributed by atoms with Crippen molar-refractivity contribution in [2.75, 3.05) is 5.32 Å². The Bertz CT molecular complexity index is 617. The molecule has 1 aliphatic carbocycles. The van der Waals surface area contributed by atoms with Crippen LogP contribution in [0.4, 0.5) is 5.69 Å². The Labute approximate surface area is 146 Å². The molecule has 23 heavy (non-hydrogen) atoms. The number of amides is 2. The number of halogens is 2. The molecule has 2 rings (SSSR count). The number of carbonyl (C=O) groups excluding carboxylic acids is 2. The maximum Gasteiger partial charge on any atom is 0.313 e. The monoisotopic (exact) mass is 356 g/mol. The normalized spacial score (nSPS) is 23.2. The van der Waals surface area contributed by atoms with Crippen LogP contribution in [0.2, 0.25) is 10.0 Å². The minimum absolute atomic E-state index is 0.0210. The topological polar surface area (TPSA) is 58.2 Å². The number of rotatable bonds is 2. The number of anilines is 1. The smallest absolute Gasteiger partial charge is 0.313 e. The van der Waals surface area contributed by atoms with E-state index < -0.39 is 11.8 Å². The first-order valence-corrected chi connectivity index (χ1v) is 8.49. The number of hydrogen-bond donors (Lipinski definition) is 2. The summed E-state index contributed by atoms with van der Waals surface area (Å²) in [5.41, 5.74) is 0.541. The molecule has 1 saturated carbocycles. The van der Waals surface area contributed by atoms with Crippen molar-refractivity contribution in [1.29, 1.82) is 0 Å². The first-order valence-electron chi connectivity index (χ1n) is 7.73. The molecule has 2 atom stereocenters. The van der Waals surface area contributed by atoms with Gasteiger partial charge in [0.1, 0.15) is 0 Å². The van der Waals surface area contributed by atoms with Crippen molar-refractivity contribution < 1.29 is 9.59 Å². The maximum absolute atomic E-state index is 12.1. The molecule has 0 aliphatic heterocycles. The van der Waals surface area contributed by atoms with Crippen LogP contribution in [0.3, 0.4) is 0 Å². The van der Waals surface area contributed by atoms with Gasteiger partial charge in [0, 0.05) is 11.1 Å². The molecule has 0 heterocycles. The molecular formula is C17H22Cl2N2O2. The van der Waals surface area contributed by atoms with Crippen molar-refractivity contribution in [2.45, 2.75) is 46.1 Å². The zero-order valence-electron chi connectivity index (χ0n) is 13.6. The van der Waals surface area contributed by atoms with Gasteiger partial charge in [-0.15, -0.1) is 0 Å². The molecule has 1 aromatic carbocycles. The van der Waals surface area contributed by atoms with Crippen LogP contribution in [-0.4, -0.2) is 17.9 Å². The van der Waals surface area contributed by atoms with E-state index >= 15 is 0 Å². The lowest BCUT2D eigenvalue weighted by Gasteiger charge is -2.39. The number of benzene rings is 1. The SMILES string of the molecule is C[C@@H]1C[C@@H](NC(=O)C(=O)Nc2ccc(Cl)cc2Cl)CC(C)(C)C1. The summed E-state index contributed by atoms with van der Waals surface area (Å²) < 4.78 is 0. The lowest BCUT2D eigenvalue weighted by atomic mass is 9.70. The van der Waals surface area contributed by atoms with Gasteiger partial charge in [0.2, 0.25) is 0 Å². The molecule has 1 aromatic rings. The average Bonchev–Trinajstić information content (AvgIpc) is 2.39. The quantitative estimate of drug-likeness (QED) is 0.777. The highest BCUT2D eigenvalue weighted by Gasteiger charge is 2.33. The summed E-state index contributed by atoms with van der Waals surface area (Å²) in [5.74, 6) is -0.825. The summed E-state index contributed by atoms with van der Waals surface area (Å²) in [5, 5.41) is 6.12. The first-order chi connectivity index (χ1) is 10.7. The van der Waals surface area contributed by atoms with Crippen LogP contribution in [-0.2, 0) is 9.59 Å². The van der Waals surface area contributed by atoms with Gasteiger partial charge >= 0.3 is 11.8 Å². The van der Waals surface area contributed by atoms with E-state index in [9.17, 15) is 9.59 Å². The second-order valence-corrected chi connectivity index (χ2v) is 8.01. The lowest BCUT2D eigenvalue weighted by Crippen LogP contribution is -2.46. The molecule has 0 unspecified atom stereocenters. The summed E-state index contributed by atoms with van der Waals surface area (Å²) in [6.07, 6.45) is 2.90. The molecule has 2 N–H and O–H groups in total. The summed E-state index contributed by atoms with van der Waals surface area (Å²) in [6.45, 7) is 6.55. The van der Waals surface area contributed by atoms with Gasteiger partial charge in [0.05, 0.1) is 10.7 Å². The van der Waals surface area contributed by atoms with E-state index in [4.69, 9.17) is 23.2 Å². The van der Waals surface area contributed by atoms with Crippen LogP contribution < -0.4 is 10.6 Å². The summed E-state index contributed by atoms with van der Waals surface area (Å²) in [7, 11) is 0. The molecule has 1 aliphatic rings. The lowest BCUT2D eigenvalue weighted by molar-refractivity contribution is -0.137. The Morgan fingerprint density at radius 1 is 1.17 bits per heavy atom. The van der Waals surface area contributed by atoms with Gasteiger partial charge in [0.15, 0.2) is 0 Å². The molecule has 6 heteroatoms. The third-order valence-electron chi connectivity index (χ3n) is 4.11. The summed E-state index contributed by atoms with van der Waals surface area (Å²) in [4.78, 5) is 24.2. The molecule has 126 valence electrons. The van der Waals surface area contributed by atoms with E-state index in [0.29, 0.717) is 21.7 Å². The van der Waals surface area contributed by atoms with Crippen molar-refractivity contribution in [3.05, 3.63) is 28.2 Å². The van der Waals surface area contributed by atoms with Crippen LogP contribution in [0.25, 0.3) is 0 Å². The highest BCUT2D eigenvalue weighted by atomic mass is 35.5. The van der Waals surface area contributed by atoms with E-state index in [1.807, 2.05) is 0 Å². The fourth-order valence-corrected chi connectivity index (χ4v) is 3.93. The van der Waals surface area contributed by atoms with E-state index in [1.54, 1.807) is 12.1 Å². The van der Waals surface area contributed by atoms with Gasteiger partial charge in [-0.05, 0) is 48.8 Å². The Hall–Kier alpha value is -1.26. The van der Waals surface area contributed by atoms with E-state index in [0.717, 1.165) is 19.3 Å². The fourth-order valence-electron chi connectivity index (χ4n) is 3.48. The van der Waals surface area contributed by atoms with Crippen LogP contribution in [0.1, 0.15) is 40.0 Å². The number of hydrogen-bond acceptors (Lipinski definition) is 2. The predicted molar refractivity (Wildman–Crippen MR) is 93.8 cm³/mol. The van der Waals surface area contributed by atoms with Crippen molar-refractivity contribution in [2.24, 2.45) is 11.3 Å². The molecule has 0 bridgehead atoms. The molecule has 2 amide bonds. The molecule has 1 fully saturated rings. The van der Waals surface area contributed by atoms with Crippen molar-refractivity contribution in [3.8, 4) is 0 Å². The Morgan fingerprint density at radius 2 is 1.87 bits per heavy atom. The van der Waals surface area contributed by atoms with Crippen molar-refractivity contribution >= 4 is 40.7 Å². The largest absolute Gasteiger partial charge is 0.345 e. The van der Waals surface area contributed by atoms with Crippen molar-refractivity contribution in [1.82, 2.24) is 5.32 Å². The van der Waals surface area contributed by atoms with Crippen LogP contribution in [0.15, 0.2) is 18.2 Å². The van der Waals surface area contributed by atoms with E-state index in [1.165, 1.54) is 6.07 Å². The fraction of sp³-hybridized carbons (Fsp3) is 0.529. The van der Waals surface area contributed by atoms with Crippen LogP contribution >= 0.6 is 23.2 Å². The Balaban J connectivity index is 1.96. The van der Waals surface area contributed by atoms with Crippen LogP contribution in [0, 0.1) is 11.3 Å². The van der Waals surface area contributed by atoms with Gasteiger partial charge in [0.25, 0.3) is 0 Å². The minimum Gasteiger partial charge on any atom is -0.345 e. The summed E-state index contributed by atoms with van der Waals surface area (Å²) in [6, 6.07) is 4.71. The van der Waals surface area contributed by atoms with E-state index in [2.05, 4.69) is 31.4 Å². The van der Waals surface area contributed by atoms with Crippen LogP contribution in [0.5, 0.6) is 0 Å². The van der Waals surface area contributed by atoms with Gasteiger partial charge in [-0.2, -0.15) is 0 Å². The highest BCUT2D eigenvalue weighted by molar-refractivity contribution is 6.42. The zero-order chi connectivity index (χ0) is 17.2. The molecule has 4 nitrogen and oxygen atoms in total. The molecule has 0 saturated heterocycles. The number of nitrogens with one attached hydrogen (secondary N) is 2. The Kier molecular flexibility index (Phi) is 5.58.